The number of hydrogen-bond donors (Lipinski definition) is 3. The van der Waals surface area contributed by atoms with Crippen molar-refractivity contribution in [3.05, 3.63) is 17.7 Å². The predicted molar refractivity (Wildman–Crippen MR) is 120 cm³/mol. The fourth-order valence-corrected chi connectivity index (χ4v) is 3.78. The minimum absolute atomic E-state index is 0.162. The van der Waals surface area contributed by atoms with Crippen LogP contribution in [0.4, 0.5) is 10.5 Å². The van der Waals surface area contributed by atoms with Crippen LogP contribution < -0.4 is 20.1 Å². The first-order valence-electron chi connectivity index (χ1n) is 11.3. The second kappa shape index (κ2) is 10.3. The molecule has 0 radical (unpaired) electrons. The monoisotopic (exact) mass is 449 g/mol. The van der Waals surface area contributed by atoms with E-state index < -0.39 is 17.8 Å². The zero-order valence-corrected chi connectivity index (χ0v) is 19.4. The van der Waals surface area contributed by atoms with E-state index >= 15 is 0 Å². The zero-order chi connectivity index (χ0) is 23.3. The van der Waals surface area contributed by atoms with Gasteiger partial charge in [0.05, 0.1) is 31.4 Å². The van der Waals surface area contributed by atoms with Crippen LogP contribution in [0.25, 0.3) is 0 Å². The summed E-state index contributed by atoms with van der Waals surface area (Å²) >= 11 is 0. The second-order valence-corrected chi connectivity index (χ2v) is 9.18. The molecule has 3 rings (SSSR count). The highest BCUT2D eigenvalue weighted by molar-refractivity contribution is 5.99. The van der Waals surface area contributed by atoms with Crippen molar-refractivity contribution in [2.24, 2.45) is 5.92 Å². The van der Waals surface area contributed by atoms with Crippen molar-refractivity contribution in [1.29, 1.82) is 0 Å². The van der Waals surface area contributed by atoms with Crippen molar-refractivity contribution in [2.75, 3.05) is 44.7 Å². The summed E-state index contributed by atoms with van der Waals surface area (Å²) in [6.07, 6.45) is 0.130. The van der Waals surface area contributed by atoms with Crippen LogP contribution in [0.3, 0.4) is 0 Å². The standard InChI is InChI=1S/C23H35N3O6/c1-5-24-16-11-17(20-19(12-16)30-9-6-10-31-20)21(28)25-13-15-7-8-26(14-18(15)27)22(29)32-23(2,3)4/h11-12,15,18,24,27H,5-10,13-14H2,1-4H3,(H,25,28)/t15-,18+/m0/s1. The summed E-state index contributed by atoms with van der Waals surface area (Å²) in [7, 11) is 0. The van der Waals surface area contributed by atoms with Gasteiger partial charge in [-0.1, -0.05) is 0 Å². The van der Waals surface area contributed by atoms with E-state index in [4.69, 9.17) is 14.2 Å². The molecule has 2 aliphatic heterocycles. The number of aliphatic hydroxyl groups is 1. The zero-order valence-electron chi connectivity index (χ0n) is 19.4. The summed E-state index contributed by atoms with van der Waals surface area (Å²) in [5, 5.41) is 16.7. The number of β-amino-alcohol motifs (C(OH)–C–C–N with tert-alkyl or cyclic N) is 1. The molecule has 0 aromatic heterocycles. The van der Waals surface area contributed by atoms with E-state index in [9.17, 15) is 14.7 Å². The maximum Gasteiger partial charge on any atom is 0.410 e. The van der Waals surface area contributed by atoms with Gasteiger partial charge in [-0.2, -0.15) is 0 Å². The summed E-state index contributed by atoms with van der Waals surface area (Å²) in [6.45, 7) is 10.1. The summed E-state index contributed by atoms with van der Waals surface area (Å²) in [6, 6.07) is 3.60. The molecule has 2 heterocycles. The van der Waals surface area contributed by atoms with E-state index in [1.54, 1.807) is 6.07 Å². The van der Waals surface area contributed by atoms with Gasteiger partial charge in [-0.25, -0.2) is 4.79 Å². The number of aliphatic hydroxyl groups excluding tert-OH is 1. The van der Waals surface area contributed by atoms with Crippen LogP contribution in [0.2, 0.25) is 0 Å². The normalized spacial score (nSPS) is 20.8. The molecule has 1 saturated heterocycles. The molecule has 0 spiro atoms. The Balaban J connectivity index is 1.62. The first kappa shape index (κ1) is 24.0. The molecule has 2 amide bonds. The van der Waals surface area contributed by atoms with Crippen LogP contribution in [0.15, 0.2) is 12.1 Å². The molecule has 178 valence electrons. The van der Waals surface area contributed by atoms with Gasteiger partial charge >= 0.3 is 6.09 Å². The van der Waals surface area contributed by atoms with Gasteiger partial charge in [-0.15, -0.1) is 0 Å². The number of amides is 2. The lowest BCUT2D eigenvalue weighted by atomic mass is 9.94. The van der Waals surface area contributed by atoms with Crippen LogP contribution in [-0.2, 0) is 4.74 Å². The molecular formula is C23H35N3O6. The SMILES string of the molecule is CCNc1cc2c(c(C(=O)NC[C@@H]3CCN(C(=O)OC(C)(C)C)C[C@H]3O)c1)OCCCO2. The summed E-state index contributed by atoms with van der Waals surface area (Å²) < 4.78 is 17.0. The highest BCUT2D eigenvalue weighted by atomic mass is 16.6. The van der Waals surface area contributed by atoms with Gasteiger partial charge in [0.25, 0.3) is 5.91 Å². The fourth-order valence-electron chi connectivity index (χ4n) is 3.78. The molecule has 9 heteroatoms. The van der Waals surface area contributed by atoms with E-state index in [0.29, 0.717) is 56.3 Å². The summed E-state index contributed by atoms with van der Waals surface area (Å²) in [4.78, 5) is 26.8. The van der Waals surface area contributed by atoms with Crippen LogP contribution in [0.5, 0.6) is 11.5 Å². The molecule has 1 aromatic rings. The van der Waals surface area contributed by atoms with Crippen molar-refractivity contribution >= 4 is 17.7 Å². The van der Waals surface area contributed by atoms with E-state index in [1.807, 2.05) is 33.8 Å². The van der Waals surface area contributed by atoms with Crippen LogP contribution >= 0.6 is 0 Å². The third kappa shape index (κ3) is 6.18. The molecule has 9 nitrogen and oxygen atoms in total. The number of anilines is 1. The number of benzene rings is 1. The number of fused-ring (bicyclic) bond motifs is 1. The number of nitrogens with zero attached hydrogens (tertiary/aromatic N) is 1. The summed E-state index contributed by atoms with van der Waals surface area (Å²) in [5.74, 6) is 0.553. The van der Waals surface area contributed by atoms with Crippen LogP contribution in [-0.4, -0.2) is 73.1 Å². The Hall–Kier alpha value is -2.68. The molecule has 1 fully saturated rings. The molecule has 32 heavy (non-hydrogen) atoms. The van der Waals surface area contributed by atoms with Gasteiger partial charge in [0.2, 0.25) is 0 Å². The van der Waals surface area contributed by atoms with Gasteiger partial charge < -0.3 is 34.9 Å². The molecule has 0 unspecified atom stereocenters. The summed E-state index contributed by atoms with van der Waals surface area (Å²) in [5.41, 5.74) is 0.603. The van der Waals surface area contributed by atoms with Crippen molar-refractivity contribution in [2.45, 2.75) is 52.2 Å². The molecule has 1 aromatic carbocycles. The lowest BCUT2D eigenvalue weighted by Crippen LogP contribution is -2.50. The molecule has 3 N–H and O–H groups in total. The van der Waals surface area contributed by atoms with Gasteiger partial charge in [0, 0.05) is 43.7 Å². The van der Waals surface area contributed by atoms with Crippen molar-refractivity contribution in [1.82, 2.24) is 10.2 Å². The maximum atomic E-state index is 13.0. The largest absolute Gasteiger partial charge is 0.489 e. The van der Waals surface area contributed by atoms with E-state index in [-0.39, 0.29) is 18.4 Å². The Morgan fingerprint density at radius 2 is 2.00 bits per heavy atom. The topological polar surface area (TPSA) is 109 Å². The van der Waals surface area contributed by atoms with E-state index in [2.05, 4.69) is 10.6 Å². The Labute approximate surface area is 189 Å². The number of ether oxygens (including phenoxy) is 3. The number of carbonyl (C=O) groups is 2. The lowest BCUT2D eigenvalue weighted by Gasteiger charge is -2.36. The molecular weight excluding hydrogens is 414 g/mol. The van der Waals surface area contributed by atoms with Crippen molar-refractivity contribution < 1.29 is 28.9 Å². The van der Waals surface area contributed by atoms with Gasteiger partial charge in [-0.3, -0.25) is 4.79 Å². The molecule has 0 bridgehead atoms. The van der Waals surface area contributed by atoms with Crippen molar-refractivity contribution in [3.8, 4) is 11.5 Å². The minimum Gasteiger partial charge on any atom is -0.489 e. The maximum absolute atomic E-state index is 13.0. The lowest BCUT2D eigenvalue weighted by molar-refractivity contribution is -0.0122. The predicted octanol–water partition coefficient (Wildman–Crippen LogP) is 2.63. The average Bonchev–Trinajstić information content (AvgIpc) is 2.96. The molecule has 2 aliphatic rings. The van der Waals surface area contributed by atoms with Gasteiger partial charge in [0.1, 0.15) is 5.60 Å². The highest BCUT2D eigenvalue weighted by Gasteiger charge is 2.33. The number of hydrogen-bond acceptors (Lipinski definition) is 7. The first-order chi connectivity index (χ1) is 15.2. The number of carbonyl (C=O) groups excluding carboxylic acids is 2. The quantitative estimate of drug-likeness (QED) is 0.634. The molecule has 2 atom stereocenters. The van der Waals surface area contributed by atoms with Gasteiger partial charge in [0.15, 0.2) is 11.5 Å². The van der Waals surface area contributed by atoms with Crippen LogP contribution in [0, 0.1) is 5.92 Å². The molecule has 0 saturated carbocycles. The third-order valence-corrected chi connectivity index (χ3v) is 5.37. The number of piperidine rings is 1. The fraction of sp³-hybridized carbons (Fsp3) is 0.652. The second-order valence-electron chi connectivity index (χ2n) is 9.18. The van der Waals surface area contributed by atoms with E-state index in [0.717, 1.165) is 12.1 Å². The minimum atomic E-state index is -0.749. The first-order valence-corrected chi connectivity index (χ1v) is 11.3. The van der Waals surface area contributed by atoms with E-state index in [1.165, 1.54) is 4.90 Å². The Kier molecular flexibility index (Phi) is 7.71. The Bertz CT molecular complexity index is 823. The molecule has 0 aliphatic carbocycles. The smallest absolute Gasteiger partial charge is 0.410 e. The highest BCUT2D eigenvalue weighted by Crippen LogP contribution is 2.36. The third-order valence-electron chi connectivity index (χ3n) is 5.37. The van der Waals surface area contributed by atoms with Crippen LogP contribution in [0.1, 0.15) is 50.9 Å². The van der Waals surface area contributed by atoms with Crippen molar-refractivity contribution in [3.63, 3.8) is 0 Å². The number of nitrogens with one attached hydrogen (secondary N) is 2. The average molecular weight is 450 g/mol. The Morgan fingerprint density at radius 1 is 1.25 bits per heavy atom. The Morgan fingerprint density at radius 3 is 2.69 bits per heavy atom. The van der Waals surface area contributed by atoms with Gasteiger partial charge in [-0.05, 0) is 40.2 Å². The number of rotatable bonds is 5. The number of likely N-dealkylation sites (tertiary alicyclic amines) is 1.